The predicted octanol–water partition coefficient (Wildman–Crippen LogP) is 6.63. The van der Waals surface area contributed by atoms with Crippen LogP contribution < -0.4 is 5.56 Å². The van der Waals surface area contributed by atoms with Crippen LogP contribution in [0.2, 0.25) is 0 Å². The maximum atomic E-state index is 13.8. The van der Waals surface area contributed by atoms with Gasteiger partial charge in [-0.25, -0.2) is 0 Å². The summed E-state index contributed by atoms with van der Waals surface area (Å²) in [6.45, 7) is 2.07. The summed E-state index contributed by atoms with van der Waals surface area (Å²) in [5, 5.41) is 1.71. The number of benzene rings is 4. The topological polar surface area (TPSA) is 22.0 Å². The van der Waals surface area contributed by atoms with Gasteiger partial charge in [0.05, 0.1) is 5.69 Å². The van der Waals surface area contributed by atoms with Crippen molar-refractivity contribution in [3.8, 4) is 28.1 Å². The Morgan fingerprint density at radius 2 is 1.17 bits per heavy atom. The van der Waals surface area contributed by atoms with Crippen LogP contribution in [0.1, 0.15) is 5.56 Å². The smallest absolute Gasteiger partial charge is 0.263 e. The van der Waals surface area contributed by atoms with Crippen molar-refractivity contribution in [3.63, 3.8) is 0 Å². The van der Waals surface area contributed by atoms with E-state index >= 15 is 0 Å². The summed E-state index contributed by atoms with van der Waals surface area (Å²) in [6, 6.07) is 36.5. The fourth-order valence-corrected chi connectivity index (χ4v) is 4.10. The van der Waals surface area contributed by atoms with Crippen LogP contribution in [0.3, 0.4) is 0 Å². The Morgan fingerprint density at radius 1 is 0.600 bits per heavy atom. The fraction of sp³-hybridized carbons (Fsp3) is 0.0357. The van der Waals surface area contributed by atoms with E-state index < -0.39 is 0 Å². The van der Waals surface area contributed by atoms with E-state index in [1.165, 1.54) is 0 Å². The SMILES string of the molecule is Cc1ccc2c(=O)n(-c3ccccc3)c(-c3ccccc3)c(-c3ccccc3)c2c1. The molecule has 0 unspecified atom stereocenters. The second kappa shape index (κ2) is 7.49. The Kier molecular flexibility index (Phi) is 4.53. The number of fused-ring (bicyclic) bond motifs is 1. The quantitative estimate of drug-likeness (QED) is 0.340. The van der Waals surface area contributed by atoms with Crippen molar-refractivity contribution in [1.29, 1.82) is 0 Å². The molecule has 0 N–H and O–H groups in total. The molecule has 144 valence electrons. The minimum Gasteiger partial charge on any atom is -0.276 e. The zero-order chi connectivity index (χ0) is 20.5. The van der Waals surface area contributed by atoms with Crippen LogP contribution in [0.5, 0.6) is 0 Å². The Labute approximate surface area is 175 Å². The molecule has 0 bridgehead atoms. The van der Waals surface area contributed by atoms with Gasteiger partial charge in [-0.3, -0.25) is 9.36 Å². The third kappa shape index (κ3) is 3.03. The van der Waals surface area contributed by atoms with Crippen molar-refractivity contribution in [3.05, 3.63) is 125 Å². The molecule has 0 atom stereocenters. The van der Waals surface area contributed by atoms with Gasteiger partial charge >= 0.3 is 0 Å². The number of hydrogen-bond acceptors (Lipinski definition) is 1. The highest BCUT2D eigenvalue weighted by atomic mass is 16.1. The zero-order valence-corrected chi connectivity index (χ0v) is 16.7. The van der Waals surface area contributed by atoms with Gasteiger partial charge in [0, 0.05) is 16.6 Å². The highest BCUT2D eigenvalue weighted by molar-refractivity contribution is 6.03. The number of hydrogen-bond donors (Lipinski definition) is 0. The first-order chi connectivity index (χ1) is 14.7. The van der Waals surface area contributed by atoms with E-state index in [2.05, 4.69) is 37.3 Å². The molecular weight excluding hydrogens is 366 g/mol. The lowest BCUT2D eigenvalue weighted by Gasteiger charge is -2.21. The van der Waals surface area contributed by atoms with Crippen molar-refractivity contribution < 1.29 is 0 Å². The molecule has 0 saturated heterocycles. The van der Waals surface area contributed by atoms with Crippen LogP contribution in [0.4, 0.5) is 0 Å². The molecule has 0 aliphatic carbocycles. The number of nitrogens with zero attached hydrogens (tertiary/aromatic N) is 1. The summed E-state index contributed by atoms with van der Waals surface area (Å²) < 4.78 is 1.86. The average molecular weight is 387 g/mol. The summed E-state index contributed by atoms with van der Waals surface area (Å²) >= 11 is 0. The second-order valence-electron chi connectivity index (χ2n) is 7.48. The van der Waals surface area contributed by atoms with Gasteiger partial charge in [-0.15, -0.1) is 0 Å². The number of aromatic nitrogens is 1. The minimum absolute atomic E-state index is 0.00488. The standard InChI is InChI=1S/C28H21NO/c1-20-17-18-24-25(19-20)26(21-11-5-2-6-12-21)27(22-13-7-3-8-14-22)29(28(24)30)23-15-9-4-10-16-23/h2-19H,1H3. The number of para-hydroxylation sites is 1. The lowest BCUT2D eigenvalue weighted by molar-refractivity contribution is 1.02. The first-order valence-electron chi connectivity index (χ1n) is 10.1. The van der Waals surface area contributed by atoms with Crippen LogP contribution in [-0.4, -0.2) is 4.57 Å². The van der Waals surface area contributed by atoms with Crippen molar-refractivity contribution in [2.24, 2.45) is 0 Å². The van der Waals surface area contributed by atoms with Crippen molar-refractivity contribution in [2.45, 2.75) is 6.92 Å². The molecule has 4 aromatic carbocycles. The van der Waals surface area contributed by atoms with Crippen molar-refractivity contribution in [2.75, 3.05) is 0 Å². The largest absolute Gasteiger partial charge is 0.276 e. The Balaban J connectivity index is 2.05. The van der Waals surface area contributed by atoms with Crippen molar-refractivity contribution in [1.82, 2.24) is 4.57 Å². The third-order valence-corrected chi connectivity index (χ3v) is 5.46. The lowest BCUT2D eigenvalue weighted by atomic mass is 9.92. The summed E-state index contributed by atoms with van der Waals surface area (Å²) in [5.74, 6) is 0. The van der Waals surface area contributed by atoms with Gasteiger partial charge in [-0.05, 0) is 41.6 Å². The monoisotopic (exact) mass is 387 g/mol. The summed E-state index contributed by atoms with van der Waals surface area (Å²) in [7, 11) is 0. The number of rotatable bonds is 3. The summed E-state index contributed by atoms with van der Waals surface area (Å²) in [6.07, 6.45) is 0. The maximum absolute atomic E-state index is 13.8. The van der Waals surface area contributed by atoms with Gasteiger partial charge in [0.25, 0.3) is 5.56 Å². The lowest BCUT2D eigenvalue weighted by Crippen LogP contribution is -2.21. The second-order valence-corrected chi connectivity index (χ2v) is 7.48. The van der Waals surface area contributed by atoms with E-state index in [9.17, 15) is 4.79 Å². The van der Waals surface area contributed by atoms with Gasteiger partial charge < -0.3 is 0 Å². The highest BCUT2D eigenvalue weighted by Crippen LogP contribution is 2.38. The predicted molar refractivity (Wildman–Crippen MR) is 125 cm³/mol. The average Bonchev–Trinajstić information content (AvgIpc) is 2.80. The summed E-state index contributed by atoms with van der Waals surface area (Å²) in [5.41, 5.74) is 6.09. The third-order valence-electron chi connectivity index (χ3n) is 5.46. The molecule has 1 aromatic heterocycles. The van der Waals surface area contributed by atoms with Gasteiger partial charge in [0.2, 0.25) is 0 Å². The van der Waals surface area contributed by atoms with Gasteiger partial charge in [-0.2, -0.15) is 0 Å². The Bertz CT molecular complexity index is 1390. The van der Waals surface area contributed by atoms with Gasteiger partial charge in [-0.1, -0.05) is 96.6 Å². The molecule has 30 heavy (non-hydrogen) atoms. The molecule has 2 nitrogen and oxygen atoms in total. The fourth-order valence-electron chi connectivity index (χ4n) is 4.10. The Morgan fingerprint density at radius 3 is 1.80 bits per heavy atom. The molecule has 0 aliphatic heterocycles. The first-order valence-corrected chi connectivity index (χ1v) is 10.1. The maximum Gasteiger partial charge on any atom is 0.263 e. The van der Waals surface area contributed by atoms with E-state index in [4.69, 9.17) is 0 Å². The van der Waals surface area contributed by atoms with E-state index in [0.29, 0.717) is 0 Å². The number of pyridine rings is 1. The van der Waals surface area contributed by atoms with Crippen LogP contribution in [0.25, 0.3) is 38.8 Å². The Hall–Kier alpha value is -3.91. The molecule has 0 spiro atoms. The molecule has 0 saturated carbocycles. The molecule has 0 aliphatic rings. The van der Waals surface area contributed by atoms with Crippen LogP contribution in [-0.2, 0) is 0 Å². The van der Waals surface area contributed by atoms with Crippen LogP contribution >= 0.6 is 0 Å². The molecule has 5 aromatic rings. The van der Waals surface area contributed by atoms with Crippen LogP contribution in [0.15, 0.2) is 114 Å². The van der Waals surface area contributed by atoms with E-state index in [1.54, 1.807) is 0 Å². The molecule has 0 amide bonds. The van der Waals surface area contributed by atoms with Crippen LogP contribution in [0, 0.1) is 6.92 Å². The molecule has 1 heterocycles. The van der Waals surface area contributed by atoms with Gasteiger partial charge in [0.15, 0.2) is 0 Å². The number of aryl methyl sites for hydroxylation is 1. The molecular formula is C28H21NO. The van der Waals surface area contributed by atoms with E-state index in [1.807, 2.05) is 83.4 Å². The van der Waals surface area contributed by atoms with E-state index in [0.717, 1.165) is 44.4 Å². The van der Waals surface area contributed by atoms with E-state index in [-0.39, 0.29) is 5.56 Å². The molecule has 0 radical (unpaired) electrons. The molecule has 2 heteroatoms. The normalized spacial score (nSPS) is 11.0. The molecule has 5 rings (SSSR count). The zero-order valence-electron chi connectivity index (χ0n) is 16.7. The summed E-state index contributed by atoms with van der Waals surface area (Å²) in [4.78, 5) is 13.8. The highest BCUT2D eigenvalue weighted by Gasteiger charge is 2.20. The van der Waals surface area contributed by atoms with Gasteiger partial charge in [0.1, 0.15) is 0 Å². The first kappa shape index (κ1) is 18.1. The minimum atomic E-state index is -0.00488. The molecule has 0 fully saturated rings. The van der Waals surface area contributed by atoms with Crippen molar-refractivity contribution >= 4 is 10.8 Å².